The van der Waals surface area contributed by atoms with Crippen molar-refractivity contribution in [2.45, 2.75) is 25.9 Å². The molecule has 2 fully saturated rings. The van der Waals surface area contributed by atoms with Crippen LogP contribution in [0.15, 0.2) is 0 Å². The lowest BCUT2D eigenvalue weighted by molar-refractivity contribution is -0.0455. The van der Waals surface area contributed by atoms with Crippen LogP contribution in [0.1, 0.15) is 20.3 Å². The Morgan fingerprint density at radius 2 is 2.50 bits per heavy atom. The predicted octanol–water partition coefficient (Wildman–Crippen LogP) is 0.827. The van der Waals surface area contributed by atoms with Crippen LogP contribution in [0, 0.1) is 5.92 Å². The van der Waals surface area contributed by atoms with E-state index < -0.39 is 0 Å². The van der Waals surface area contributed by atoms with Crippen molar-refractivity contribution in [2.75, 3.05) is 26.2 Å². The van der Waals surface area contributed by atoms with Crippen molar-refractivity contribution in [3.8, 4) is 0 Å². The van der Waals surface area contributed by atoms with E-state index in [0.717, 1.165) is 26.1 Å². The van der Waals surface area contributed by atoms with Gasteiger partial charge in [-0.1, -0.05) is 13.8 Å². The van der Waals surface area contributed by atoms with Crippen molar-refractivity contribution in [2.24, 2.45) is 5.92 Å². The van der Waals surface area contributed by atoms with Crippen LogP contribution in [0.3, 0.4) is 0 Å². The standard InChI is InChI=1S/C10H18N2O2/c1-3-12-5-4-8(2)10(7-12)6-11-9(13)14-10/h8H,3-7H2,1-2H3,(H,11,13). The van der Waals surface area contributed by atoms with Crippen molar-refractivity contribution < 1.29 is 9.53 Å². The third-order valence-electron chi connectivity index (χ3n) is 3.54. The molecule has 0 saturated carbocycles. The van der Waals surface area contributed by atoms with Gasteiger partial charge in [-0.15, -0.1) is 0 Å². The maximum Gasteiger partial charge on any atom is 0.407 e. The Morgan fingerprint density at radius 3 is 3.07 bits per heavy atom. The van der Waals surface area contributed by atoms with Crippen molar-refractivity contribution in [1.82, 2.24) is 10.2 Å². The summed E-state index contributed by atoms with van der Waals surface area (Å²) in [4.78, 5) is 13.5. The van der Waals surface area contributed by atoms with Gasteiger partial charge in [0, 0.05) is 12.5 Å². The highest BCUT2D eigenvalue weighted by molar-refractivity contribution is 5.70. The van der Waals surface area contributed by atoms with Gasteiger partial charge in [0.2, 0.25) is 0 Å². The van der Waals surface area contributed by atoms with Gasteiger partial charge in [0.1, 0.15) is 5.60 Å². The Labute approximate surface area is 84.6 Å². The maximum atomic E-state index is 11.1. The quantitative estimate of drug-likeness (QED) is 0.678. The maximum absolute atomic E-state index is 11.1. The van der Waals surface area contributed by atoms with Crippen molar-refractivity contribution in [1.29, 1.82) is 0 Å². The fourth-order valence-corrected chi connectivity index (χ4v) is 2.36. The Kier molecular flexibility index (Phi) is 2.39. The molecule has 1 amide bonds. The molecule has 2 rings (SSSR count). The first kappa shape index (κ1) is 9.77. The number of alkyl carbamates (subject to hydrolysis) is 1. The zero-order chi connectivity index (χ0) is 10.2. The lowest BCUT2D eigenvalue weighted by atomic mass is 9.82. The number of amides is 1. The molecule has 0 radical (unpaired) electrons. The van der Waals surface area contributed by atoms with Gasteiger partial charge in [-0.2, -0.15) is 0 Å². The molecule has 0 aliphatic carbocycles. The van der Waals surface area contributed by atoms with E-state index in [2.05, 4.69) is 24.1 Å². The van der Waals surface area contributed by atoms with E-state index in [1.54, 1.807) is 0 Å². The van der Waals surface area contributed by atoms with Crippen LogP contribution in [0.2, 0.25) is 0 Å². The summed E-state index contributed by atoms with van der Waals surface area (Å²) in [5.74, 6) is 0.462. The summed E-state index contributed by atoms with van der Waals surface area (Å²) in [6.07, 6.45) is 0.859. The smallest absolute Gasteiger partial charge is 0.407 e. The second kappa shape index (κ2) is 3.42. The monoisotopic (exact) mass is 198 g/mol. The number of hydrogen-bond acceptors (Lipinski definition) is 3. The molecule has 0 aromatic carbocycles. The molecule has 2 aliphatic heterocycles. The number of piperidine rings is 1. The van der Waals surface area contributed by atoms with E-state index in [4.69, 9.17) is 4.74 Å². The molecule has 0 bridgehead atoms. The Hall–Kier alpha value is -0.770. The van der Waals surface area contributed by atoms with Gasteiger partial charge in [0.15, 0.2) is 0 Å². The minimum Gasteiger partial charge on any atom is -0.439 e. The summed E-state index contributed by atoms with van der Waals surface area (Å²) in [6, 6.07) is 0. The van der Waals surface area contributed by atoms with Crippen LogP contribution in [0.25, 0.3) is 0 Å². The van der Waals surface area contributed by atoms with E-state index in [1.165, 1.54) is 0 Å². The van der Waals surface area contributed by atoms with Gasteiger partial charge in [-0.05, 0) is 19.5 Å². The molecule has 2 atom stereocenters. The van der Waals surface area contributed by atoms with Gasteiger partial charge in [-0.25, -0.2) is 4.79 Å². The minimum atomic E-state index is -0.259. The molecule has 4 nitrogen and oxygen atoms in total. The van der Waals surface area contributed by atoms with Crippen LogP contribution in [-0.4, -0.2) is 42.8 Å². The number of carbonyl (C=O) groups excluding carboxylic acids is 1. The number of likely N-dealkylation sites (tertiary alicyclic amines) is 1. The van der Waals surface area contributed by atoms with Crippen molar-refractivity contribution >= 4 is 6.09 Å². The normalized spacial score (nSPS) is 38.4. The van der Waals surface area contributed by atoms with Crippen LogP contribution in [0.4, 0.5) is 4.79 Å². The minimum absolute atomic E-state index is 0.255. The zero-order valence-corrected chi connectivity index (χ0v) is 8.88. The number of nitrogens with zero attached hydrogens (tertiary/aromatic N) is 1. The molecule has 2 unspecified atom stereocenters. The Morgan fingerprint density at radius 1 is 1.71 bits per heavy atom. The molecular weight excluding hydrogens is 180 g/mol. The summed E-state index contributed by atoms with van der Waals surface area (Å²) in [5.41, 5.74) is -0.259. The summed E-state index contributed by atoms with van der Waals surface area (Å²) in [6.45, 7) is 8.02. The molecule has 2 aliphatic rings. The highest BCUT2D eigenvalue weighted by Crippen LogP contribution is 2.32. The molecule has 0 aromatic rings. The zero-order valence-electron chi connectivity index (χ0n) is 8.88. The van der Waals surface area contributed by atoms with E-state index in [1.807, 2.05) is 0 Å². The molecule has 14 heavy (non-hydrogen) atoms. The van der Waals surface area contributed by atoms with Crippen molar-refractivity contribution in [3.63, 3.8) is 0 Å². The number of ether oxygens (including phenoxy) is 1. The fourth-order valence-electron chi connectivity index (χ4n) is 2.36. The van der Waals surface area contributed by atoms with Crippen LogP contribution in [-0.2, 0) is 4.74 Å². The average molecular weight is 198 g/mol. The van der Waals surface area contributed by atoms with Gasteiger partial charge in [0.25, 0.3) is 0 Å². The van der Waals surface area contributed by atoms with Crippen LogP contribution < -0.4 is 5.32 Å². The van der Waals surface area contributed by atoms with E-state index in [0.29, 0.717) is 12.5 Å². The van der Waals surface area contributed by atoms with Crippen LogP contribution >= 0.6 is 0 Å². The van der Waals surface area contributed by atoms with Crippen LogP contribution in [0.5, 0.6) is 0 Å². The first-order valence-electron chi connectivity index (χ1n) is 5.35. The second-order valence-corrected chi connectivity index (χ2v) is 4.37. The van der Waals surface area contributed by atoms with E-state index in [9.17, 15) is 4.79 Å². The molecule has 80 valence electrons. The number of nitrogens with one attached hydrogen (secondary N) is 1. The van der Waals surface area contributed by atoms with E-state index in [-0.39, 0.29) is 11.7 Å². The summed E-state index contributed by atoms with van der Waals surface area (Å²) < 4.78 is 5.44. The summed E-state index contributed by atoms with van der Waals surface area (Å²) >= 11 is 0. The Bertz CT molecular complexity index is 244. The lowest BCUT2D eigenvalue weighted by Crippen LogP contribution is -2.55. The number of carbonyl (C=O) groups is 1. The topological polar surface area (TPSA) is 41.6 Å². The lowest BCUT2D eigenvalue weighted by Gasteiger charge is -2.42. The molecule has 1 spiro atoms. The molecule has 1 N–H and O–H groups in total. The third kappa shape index (κ3) is 1.47. The molecule has 2 heterocycles. The SMILES string of the molecule is CCN1CCC(C)C2(CNC(=O)O2)C1. The molecule has 4 heteroatoms. The molecule has 2 saturated heterocycles. The Balaban J connectivity index is 2.11. The highest BCUT2D eigenvalue weighted by Gasteiger charge is 2.48. The van der Waals surface area contributed by atoms with Gasteiger partial charge < -0.3 is 10.1 Å². The first-order valence-corrected chi connectivity index (χ1v) is 5.35. The highest BCUT2D eigenvalue weighted by atomic mass is 16.6. The fraction of sp³-hybridized carbons (Fsp3) is 0.900. The van der Waals surface area contributed by atoms with E-state index >= 15 is 0 Å². The van der Waals surface area contributed by atoms with Gasteiger partial charge in [-0.3, -0.25) is 4.90 Å². The number of rotatable bonds is 1. The average Bonchev–Trinajstić information content (AvgIpc) is 2.54. The summed E-state index contributed by atoms with van der Waals surface area (Å²) in [5, 5.41) is 2.77. The summed E-state index contributed by atoms with van der Waals surface area (Å²) in [7, 11) is 0. The third-order valence-corrected chi connectivity index (χ3v) is 3.54. The van der Waals surface area contributed by atoms with Gasteiger partial charge >= 0.3 is 6.09 Å². The first-order chi connectivity index (χ1) is 6.66. The molecule has 0 aromatic heterocycles. The van der Waals surface area contributed by atoms with Gasteiger partial charge in [0.05, 0.1) is 6.54 Å². The van der Waals surface area contributed by atoms with Crippen molar-refractivity contribution in [3.05, 3.63) is 0 Å². The number of likely N-dealkylation sites (N-methyl/N-ethyl adjacent to an activating group) is 1. The predicted molar refractivity (Wildman–Crippen MR) is 53.1 cm³/mol. The number of hydrogen-bond donors (Lipinski definition) is 1. The second-order valence-electron chi connectivity index (χ2n) is 4.37. The molecular formula is C10H18N2O2. The largest absolute Gasteiger partial charge is 0.439 e.